The van der Waals surface area contributed by atoms with Gasteiger partial charge in [-0.3, -0.25) is 13.8 Å². The van der Waals surface area contributed by atoms with Crippen LogP contribution in [-0.2, 0) is 20.3 Å². The van der Waals surface area contributed by atoms with Crippen molar-refractivity contribution >= 4 is 34.3 Å². The molecule has 1 N–H and O–H groups in total. The van der Waals surface area contributed by atoms with Gasteiger partial charge in [-0.2, -0.15) is 0 Å². The highest BCUT2D eigenvalue weighted by Gasteiger charge is 2.21. The molecule has 0 heterocycles. The van der Waals surface area contributed by atoms with E-state index in [0.29, 0.717) is 21.0 Å². The summed E-state index contributed by atoms with van der Waals surface area (Å²) in [6.45, 7) is 0. The van der Waals surface area contributed by atoms with Crippen LogP contribution in [0.5, 0.6) is 0 Å². The van der Waals surface area contributed by atoms with Gasteiger partial charge in [0.25, 0.3) is 5.91 Å². The van der Waals surface area contributed by atoms with Crippen molar-refractivity contribution in [3.05, 3.63) is 64.7 Å². The molecule has 0 aliphatic heterocycles. The van der Waals surface area contributed by atoms with Crippen LogP contribution in [0, 0.1) is 0 Å². The normalized spacial score (nSPS) is 12.9. The molecule has 2 aromatic carbocycles. The largest absolute Gasteiger partial charge is 0.469 e. The van der Waals surface area contributed by atoms with Gasteiger partial charge in [-0.1, -0.05) is 29.8 Å². The molecule has 0 bridgehead atoms. The van der Waals surface area contributed by atoms with E-state index in [1.165, 1.54) is 7.11 Å². The first kappa shape index (κ1) is 19.1. The molecule has 0 fully saturated rings. The van der Waals surface area contributed by atoms with Crippen LogP contribution >= 0.6 is 11.6 Å². The molecule has 2 atom stereocenters. The summed E-state index contributed by atoms with van der Waals surface area (Å²) >= 11 is 6.19. The summed E-state index contributed by atoms with van der Waals surface area (Å²) in [6.07, 6.45) is 1.53. The van der Waals surface area contributed by atoms with E-state index in [1.807, 2.05) is 0 Å². The van der Waals surface area contributed by atoms with Crippen molar-refractivity contribution in [2.45, 2.75) is 17.4 Å². The van der Waals surface area contributed by atoms with Gasteiger partial charge in [0.05, 0.1) is 19.6 Å². The molecule has 1 amide bonds. The topological polar surface area (TPSA) is 72.5 Å². The second kappa shape index (κ2) is 8.78. The highest BCUT2D eigenvalue weighted by molar-refractivity contribution is 7.84. The van der Waals surface area contributed by atoms with Crippen molar-refractivity contribution in [3.63, 3.8) is 0 Å². The molecule has 2 unspecified atom stereocenters. The molecule has 0 saturated carbocycles. The number of amides is 1. The van der Waals surface area contributed by atoms with Gasteiger partial charge in [0.15, 0.2) is 0 Å². The molecule has 0 aliphatic rings. The smallest absolute Gasteiger partial charge is 0.307 e. The summed E-state index contributed by atoms with van der Waals surface area (Å²) in [6, 6.07) is 12.8. The van der Waals surface area contributed by atoms with Crippen molar-refractivity contribution in [1.82, 2.24) is 5.32 Å². The lowest BCUT2D eigenvalue weighted by atomic mass is 10.0. The highest BCUT2D eigenvalue weighted by atomic mass is 35.5. The van der Waals surface area contributed by atoms with Gasteiger partial charge in [0, 0.05) is 32.5 Å². The summed E-state index contributed by atoms with van der Waals surface area (Å²) in [5, 5.41) is 3.26. The number of benzene rings is 2. The average molecular weight is 380 g/mol. The van der Waals surface area contributed by atoms with Crippen molar-refractivity contribution in [2.75, 3.05) is 13.4 Å². The average Bonchev–Trinajstić information content (AvgIpc) is 2.61. The van der Waals surface area contributed by atoms with Crippen molar-refractivity contribution in [2.24, 2.45) is 0 Å². The number of nitrogens with one attached hydrogen (secondary N) is 1. The van der Waals surface area contributed by atoms with Crippen LogP contribution in [-0.4, -0.2) is 29.5 Å². The van der Waals surface area contributed by atoms with Crippen LogP contribution in [0.3, 0.4) is 0 Å². The summed E-state index contributed by atoms with van der Waals surface area (Å²) in [7, 11) is 0.176. The van der Waals surface area contributed by atoms with E-state index in [4.69, 9.17) is 16.3 Å². The molecule has 2 rings (SSSR count). The zero-order chi connectivity index (χ0) is 18.4. The van der Waals surface area contributed by atoms with Gasteiger partial charge < -0.3 is 10.1 Å². The Morgan fingerprint density at radius 3 is 2.36 bits per heavy atom. The van der Waals surface area contributed by atoms with E-state index in [9.17, 15) is 13.8 Å². The van der Waals surface area contributed by atoms with Crippen LogP contribution in [0.1, 0.15) is 28.4 Å². The van der Waals surface area contributed by atoms with E-state index >= 15 is 0 Å². The summed E-state index contributed by atoms with van der Waals surface area (Å²) in [5.41, 5.74) is 1.03. The lowest BCUT2D eigenvalue weighted by molar-refractivity contribution is -0.141. The molecule has 0 aromatic heterocycles. The fourth-order valence-corrected chi connectivity index (χ4v) is 3.07. The van der Waals surface area contributed by atoms with E-state index in [1.54, 1.807) is 54.8 Å². The predicted octanol–water partition coefficient (Wildman–Crippen LogP) is 3.11. The number of carbonyl (C=O) groups excluding carboxylic acids is 2. The van der Waals surface area contributed by atoms with Crippen molar-refractivity contribution in [1.29, 1.82) is 0 Å². The molecule has 2 aromatic rings. The molecule has 0 aliphatic carbocycles. The number of carbonyl (C=O) groups is 2. The van der Waals surface area contributed by atoms with Gasteiger partial charge in [-0.05, 0) is 35.9 Å². The van der Waals surface area contributed by atoms with Gasteiger partial charge in [-0.15, -0.1) is 0 Å². The molecule has 7 heteroatoms. The summed E-state index contributed by atoms with van der Waals surface area (Å²) in [4.78, 5) is 24.8. The highest BCUT2D eigenvalue weighted by Crippen LogP contribution is 2.26. The van der Waals surface area contributed by atoms with E-state index < -0.39 is 22.8 Å². The second-order valence-corrected chi connectivity index (χ2v) is 7.09. The quantitative estimate of drug-likeness (QED) is 0.783. The third kappa shape index (κ3) is 5.14. The number of rotatable bonds is 6. The van der Waals surface area contributed by atoms with Crippen molar-refractivity contribution in [3.8, 4) is 0 Å². The Hall–Kier alpha value is -2.18. The standard InChI is InChI=1S/C18H18ClNO4S/c1-24-17(21)11-16(14-5-3-4-6-15(14)19)20-18(22)12-7-9-13(10-8-12)25(2)23/h3-10,16H,11H2,1-2H3,(H,20,22). The Kier molecular flexibility index (Phi) is 6.73. The third-order valence-corrected chi connectivity index (χ3v) is 4.91. The van der Waals surface area contributed by atoms with Gasteiger partial charge in [0.2, 0.25) is 0 Å². The first-order valence-electron chi connectivity index (χ1n) is 7.48. The zero-order valence-electron chi connectivity index (χ0n) is 13.8. The first-order valence-corrected chi connectivity index (χ1v) is 9.41. The minimum Gasteiger partial charge on any atom is -0.469 e. The number of hydrogen-bond donors (Lipinski definition) is 1. The van der Waals surface area contributed by atoms with Crippen LogP contribution < -0.4 is 5.32 Å². The lowest BCUT2D eigenvalue weighted by Crippen LogP contribution is -2.30. The Morgan fingerprint density at radius 2 is 1.80 bits per heavy atom. The summed E-state index contributed by atoms with van der Waals surface area (Å²) < 4.78 is 16.1. The number of methoxy groups -OCH3 is 1. The van der Waals surface area contributed by atoms with E-state index in [-0.39, 0.29) is 12.3 Å². The minimum absolute atomic E-state index is 0.0387. The number of halogens is 1. The Morgan fingerprint density at radius 1 is 1.16 bits per heavy atom. The Labute approximate surface area is 153 Å². The molecule has 132 valence electrons. The van der Waals surface area contributed by atoms with E-state index in [2.05, 4.69) is 5.32 Å². The van der Waals surface area contributed by atoms with Gasteiger partial charge in [0.1, 0.15) is 0 Å². The SMILES string of the molecule is COC(=O)CC(NC(=O)c1ccc(S(C)=O)cc1)c1ccccc1Cl. The Bertz CT molecular complexity index is 792. The molecule has 25 heavy (non-hydrogen) atoms. The third-order valence-electron chi connectivity index (χ3n) is 3.63. The number of esters is 1. The molecule has 0 saturated heterocycles. The lowest BCUT2D eigenvalue weighted by Gasteiger charge is -2.19. The predicted molar refractivity (Wildman–Crippen MR) is 97.1 cm³/mol. The van der Waals surface area contributed by atoms with Crippen LogP contribution in [0.15, 0.2) is 53.4 Å². The number of hydrogen-bond acceptors (Lipinski definition) is 4. The van der Waals surface area contributed by atoms with Crippen LogP contribution in [0.25, 0.3) is 0 Å². The van der Waals surface area contributed by atoms with Crippen molar-refractivity contribution < 1.29 is 18.5 Å². The monoisotopic (exact) mass is 379 g/mol. The maximum atomic E-state index is 12.5. The fraction of sp³-hybridized carbons (Fsp3) is 0.222. The van der Waals surface area contributed by atoms with Gasteiger partial charge >= 0.3 is 5.97 Å². The van der Waals surface area contributed by atoms with Crippen LogP contribution in [0.4, 0.5) is 0 Å². The fourth-order valence-electron chi connectivity index (χ4n) is 2.29. The zero-order valence-corrected chi connectivity index (χ0v) is 15.4. The minimum atomic E-state index is -1.11. The van der Waals surface area contributed by atoms with E-state index in [0.717, 1.165) is 0 Å². The van der Waals surface area contributed by atoms with Crippen LogP contribution in [0.2, 0.25) is 5.02 Å². The molecule has 0 spiro atoms. The molecule has 5 nitrogen and oxygen atoms in total. The molecular weight excluding hydrogens is 362 g/mol. The maximum absolute atomic E-state index is 12.5. The maximum Gasteiger partial charge on any atom is 0.307 e. The first-order chi connectivity index (χ1) is 11.9. The number of ether oxygens (including phenoxy) is 1. The molecular formula is C18H18ClNO4S. The Balaban J connectivity index is 2.23. The summed E-state index contributed by atoms with van der Waals surface area (Å²) in [5.74, 6) is -0.816. The second-order valence-electron chi connectivity index (χ2n) is 5.31. The van der Waals surface area contributed by atoms with Gasteiger partial charge in [-0.25, -0.2) is 0 Å². The molecule has 0 radical (unpaired) electrons.